The van der Waals surface area contributed by atoms with Crippen LogP contribution >= 0.6 is 22.7 Å². The molecule has 3 aromatic rings. The molecule has 0 saturated carbocycles. The lowest BCUT2D eigenvalue weighted by molar-refractivity contribution is -0.0569. The quantitative estimate of drug-likeness (QED) is 0.631. The summed E-state index contributed by atoms with van der Waals surface area (Å²) in [5, 5.41) is 11.7. The molecule has 0 bridgehead atoms. The summed E-state index contributed by atoms with van der Waals surface area (Å²) in [5.41, 5.74) is 2.81. The second-order valence-corrected chi connectivity index (χ2v) is 8.58. The molecule has 0 aliphatic carbocycles. The van der Waals surface area contributed by atoms with Crippen molar-refractivity contribution in [1.82, 2.24) is 9.97 Å². The molecule has 1 fully saturated rings. The van der Waals surface area contributed by atoms with Gasteiger partial charge in [0, 0.05) is 12.0 Å². The largest absolute Gasteiger partial charge is 0.478 e. The average molecular weight is 417 g/mol. The van der Waals surface area contributed by atoms with Crippen LogP contribution in [-0.4, -0.2) is 40.4 Å². The van der Waals surface area contributed by atoms with Crippen LogP contribution in [0.1, 0.15) is 33.9 Å². The zero-order valence-electron chi connectivity index (χ0n) is 15.4. The molecule has 6 nitrogen and oxygen atoms in total. The van der Waals surface area contributed by atoms with Crippen LogP contribution in [-0.2, 0) is 16.1 Å². The first-order valence-electron chi connectivity index (χ1n) is 9.05. The minimum Gasteiger partial charge on any atom is -0.478 e. The predicted molar refractivity (Wildman–Crippen MR) is 109 cm³/mol. The Labute approximate surface area is 170 Å². The Morgan fingerprint density at radius 2 is 2.21 bits per heavy atom. The van der Waals surface area contributed by atoms with Gasteiger partial charge in [0.25, 0.3) is 0 Å². The van der Waals surface area contributed by atoms with Crippen LogP contribution in [0, 0.1) is 6.92 Å². The lowest BCUT2D eigenvalue weighted by Crippen LogP contribution is -2.25. The number of hydrogen-bond donors (Lipinski definition) is 1. The smallest absolute Gasteiger partial charge is 0.336 e. The maximum Gasteiger partial charge on any atom is 0.336 e. The van der Waals surface area contributed by atoms with Crippen LogP contribution in [0.25, 0.3) is 21.1 Å². The fourth-order valence-corrected chi connectivity index (χ4v) is 4.87. The lowest BCUT2D eigenvalue weighted by Gasteiger charge is -2.21. The minimum atomic E-state index is -0.926. The van der Waals surface area contributed by atoms with Crippen LogP contribution < -0.4 is 0 Å². The summed E-state index contributed by atoms with van der Waals surface area (Å²) in [6, 6.07) is 7.44. The van der Waals surface area contributed by atoms with Crippen molar-refractivity contribution in [2.75, 3.05) is 13.2 Å². The van der Waals surface area contributed by atoms with E-state index >= 15 is 0 Å². The van der Waals surface area contributed by atoms with E-state index in [-0.39, 0.29) is 11.7 Å². The van der Waals surface area contributed by atoms with E-state index in [9.17, 15) is 4.79 Å². The highest BCUT2D eigenvalue weighted by Gasteiger charge is 2.17. The van der Waals surface area contributed by atoms with Gasteiger partial charge in [-0.15, -0.1) is 22.7 Å². The number of carboxylic acid groups (broad SMARTS) is 1. The highest BCUT2D eigenvalue weighted by atomic mass is 32.1. The number of pyridine rings is 1. The van der Waals surface area contributed by atoms with Crippen molar-refractivity contribution in [1.29, 1.82) is 0 Å². The maximum absolute atomic E-state index is 11.1. The molecule has 4 rings (SSSR count). The first-order chi connectivity index (χ1) is 13.6. The number of ether oxygens (including phenoxy) is 2. The lowest BCUT2D eigenvalue weighted by atomic mass is 10.2. The molecule has 0 amide bonds. The zero-order chi connectivity index (χ0) is 19.5. The van der Waals surface area contributed by atoms with Crippen molar-refractivity contribution in [3.05, 3.63) is 45.9 Å². The summed E-state index contributed by atoms with van der Waals surface area (Å²) in [4.78, 5) is 22.3. The molecule has 0 radical (unpaired) electrons. The minimum absolute atomic E-state index is 0.144. The van der Waals surface area contributed by atoms with Crippen molar-refractivity contribution in [3.8, 4) is 21.1 Å². The van der Waals surface area contributed by atoms with E-state index in [0.717, 1.165) is 51.3 Å². The van der Waals surface area contributed by atoms with Gasteiger partial charge in [0.15, 0.2) is 0 Å². The summed E-state index contributed by atoms with van der Waals surface area (Å²) < 4.78 is 11.4. The van der Waals surface area contributed by atoms with Gasteiger partial charge in [0.05, 0.1) is 51.7 Å². The molecule has 1 aliphatic heterocycles. The highest BCUT2D eigenvalue weighted by molar-refractivity contribution is 7.15. The number of thiazole rings is 1. The number of nitrogens with zero attached hydrogens (tertiary/aromatic N) is 2. The van der Waals surface area contributed by atoms with Crippen molar-refractivity contribution in [3.63, 3.8) is 0 Å². The van der Waals surface area contributed by atoms with Gasteiger partial charge < -0.3 is 14.6 Å². The Morgan fingerprint density at radius 1 is 1.36 bits per heavy atom. The normalized spacial score (nSPS) is 17.0. The number of carbonyl (C=O) groups is 1. The van der Waals surface area contributed by atoms with Crippen LogP contribution in [0.3, 0.4) is 0 Å². The summed E-state index contributed by atoms with van der Waals surface area (Å²) in [6.45, 7) is 3.92. The molecular formula is C20H20N2O4S2. The molecule has 0 spiro atoms. The molecule has 1 atom stereocenters. The predicted octanol–water partition coefficient (Wildman–Crippen LogP) is 4.64. The molecular weight excluding hydrogens is 396 g/mol. The zero-order valence-corrected chi connectivity index (χ0v) is 17.0. The van der Waals surface area contributed by atoms with E-state index in [2.05, 4.69) is 4.98 Å². The van der Waals surface area contributed by atoms with Gasteiger partial charge in [-0.1, -0.05) is 6.07 Å². The van der Waals surface area contributed by atoms with Crippen LogP contribution in [0.4, 0.5) is 0 Å². The molecule has 1 aliphatic rings. The second kappa shape index (κ2) is 8.48. The van der Waals surface area contributed by atoms with Crippen LogP contribution in [0.2, 0.25) is 0 Å². The number of hydrogen-bond acceptors (Lipinski definition) is 7. The van der Waals surface area contributed by atoms with Gasteiger partial charge in [-0.3, -0.25) is 0 Å². The Bertz CT molecular complexity index is 976. The summed E-state index contributed by atoms with van der Waals surface area (Å²) in [5.74, 6) is -0.926. The summed E-state index contributed by atoms with van der Waals surface area (Å²) in [6.07, 6.45) is 2.21. The first kappa shape index (κ1) is 19.2. The average Bonchev–Trinajstić information content (AvgIpc) is 3.34. The molecule has 8 heteroatoms. The summed E-state index contributed by atoms with van der Waals surface area (Å²) in [7, 11) is 0. The molecule has 1 saturated heterocycles. The summed E-state index contributed by atoms with van der Waals surface area (Å²) >= 11 is 2.97. The van der Waals surface area contributed by atoms with Gasteiger partial charge >= 0.3 is 5.97 Å². The molecule has 1 N–H and O–H groups in total. The van der Waals surface area contributed by atoms with Crippen LogP contribution in [0.15, 0.2) is 29.6 Å². The SMILES string of the molecule is Cc1nc(COC2CCCOC2)sc1-c1cccc(-c2cc(C(=O)O)cs2)n1. The highest BCUT2D eigenvalue weighted by Crippen LogP contribution is 2.32. The van der Waals surface area contributed by atoms with E-state index in [1.165, 1.54) is 11.3 Å². The molecule has 0 aromatic carbocycles. The number of carboxylic acids is 1. The monoisotopic (exact) mass is 416 g/mol. The third-order valence-corrected chi connectivity index (χ3v) is 6.59. The number of thiophene rings is 1. The van der Waals surface area contributed by atoms with Crippen LogP contribution in [0.5, 0.6) is 0 Å². The van der Waals surface area contributed by atoms with E-state index in [4.69, 9.17) is 19.6 Å². The van der Waals surface area contributed by atoms with Crippen molar-refractivity contribution in [2.45, 2.75) is 32.5 Å². The maximum atomic E-state index is 11.1. The molecule has 28 heavy (non-hydrogen) atoms. The van der Waals surface area contributed by atoms with Crippen molar-refractivity contribution >= 4 is 28.6 Å². The van der Waals surface area contributed by atoms with E-state index < -0.39 is 5.97 Å². The number of aromatic carboxylic acids is 1. The Morgan fingerprint density at radius 3 is 2.96 bits per heavy atom. The fraction of sp³-hybridized carbons (Fsp3) is 0.350. The third kappa shape index (κ3) is 4.30. The standard InChI is InChI=1S/C20H20N2O4S2/c1-12-19(28-18(21-12)10-26-14-4-3-7-25-9-14)16-6-2-5-15(22-16)17-8-13(11-27-17)20(23)24/h2,5-6,8,11,14H,3-4,7,9-10H2,1H3,(H,23,24). The van der Waals surface area contributed by atoms with Gasteiger partial charge in [-0.25, -0.2) is 14.8 Å². The molecule has 4 heterocycles. The Kier molecular flexibility index (Phi) is 5.82. The number of rotatable bonds is 6. The third-order valence-electron chi connectivity index (χ3n) is 4.48. The first-order valence-corrected chi connectivity index (χ1v) is 10.7. The topological polar surface area (TPSA) is 81.5 Å². The molecule has 1 unspecified atom stereocenters. The van der Waals surface area contributed by atoms with Gasteiger partial charge in [0.2, 0.25) is 0 Å². The Balaban J connectivity index is 1.52. The second-order valence-electron chi connectivity index (χ2n) is 6.59. The van der Waals surface area contributed by atoms with Gasteiger partial charge in [-0.05, 0) is 38.0 Å². The van der Waals surface area contributed by atoms with E-state index in [1.807, 2.05) is 25.1 Å². The number of aromatic nitrogens is 2. The molecule has 3 aromatic heterocycles. The van der Waals surface area contributed by atoms with E-state index in [0.29, 0.717) is 13.2 Å². The van der Waals surface area contributed by atoms with Crippen molar-refractivity contribution < 1.29 is 19.4 Å². The van der Waals surface area contributed by atoms with Gasteiger partial charge in [0.1, 0.15) is 5.01 Å². The van der Waals surface area contributed by atoms with E-state index in [1.54, 1.807) is 22.8 Å². The fourth-order valence-electron chi connectivity index (χ4n) is 3.06. The number of aryl methyl sites for hydroxylation is 1. The van der Waals surface area contributed by atoms with Crippen molar-refractivity contribution in [2.24, 2.45) is 0 Å². The Hall–Kier alpha value is -2.13. The molecule has 146 valence electrons. The van der Waals surface area contributed by atoms with Gasteiger partial charge in [-0.2, -0.15) is 0 Å².